The Bertz CT molecular complexity index is 1170. The SMILES string of the molecule is CCCC(CCC)Oc1ccc(-c2cc(F)ccc2C(=O)O)cc1NC(=O)Nc1ccc(C)cc1. The summed E-state index contributed by atoms with van der Waals surface area (Å²) in [5.74, 6) is -1.26. The van der Waals surface area contributed by atoms with Gasteiger partial charge in [0.1, 0.15) is 11.6 Å². The van der Waals surface area contributed by atoms with Gasteiger partial charge in [0.25, 0.3) is 0 Å². The van der Waals surface area contributed by atoms with Gasteiger partial charge in [0, 0.05) is 5.69 Å². The molecule has 184 valence electrons. The molecule has 0 aliphatic heterocycles. The fourth-order valence-electron chi connectivity index (χ4n) is 3.85. The molecule has 2 amide bonds. The predicted octanol–water partition coefficient (Wildman–Crippen LogP) is 7.49. The van der Waals surface area contributed by atoms with Crippen LogP contribution >= 0.6 is 0 Å². The van der Waals surface area contributed by atoms with E-state index in [1.807, 2.05) is 19.1 Å². The Morgan fingerprint density at radius 2 is 1.63 bits per heavy atom. The van der Waals surface area contributed by atoms with Crippen molar-refractivity contribution in [3.05, 3.63) is 77.6 Å². The quantitative estimate of drug-likeness (QED) is 0.282. The van der Waals surface area contributed by atoms with Crippen molar-refractivity contribution in [1.29, 1.82) is 0 Å². The van der Waals surface area contributed by atoms with Gasteiger partial charge >= 0.3 is 12.0 Å². The first-order valence-electron chi connectivity index (χ1n) is 11.8. The number of amides is 2. The second-order valence-corrected chi connectivity index (χ2v) is 8.47. The first-order chi connectivity index (χ1) is 16.8. The standard InChI is InChI=1S/C28H31FN2O4/c1-4-6-22(7-5-2)35-26-15-10-19(24-17-20(29)11-14-23(24)27(32)33)16-25(26)31-28(34)30-21-12-8-18(3)9-13-21/h8-17,22H,4-7H2,1-3H3,(H,32,33)(H2,30,31,34). The summed E-state index contributed by atoms with van der Waals surface area (Å²) in [5.41, 5.74) is 2.68. The minimum atomic E-state index is -1.17. The fraction of sp³-hybridized carbons (Fsp3) is 0.286. The van der Waals surface area contributed by atoms with E-state index < -0.39 is 17.8 Å². The lowest BCUT2D eigenvalue weighted by atomic mass is 9.98. The molecule has 3 aromatic carbocycles. The van der Waals surface area contributed by atoms with E-state index in [9.17, 15) is 19.1 Å². The third-order valence-corrected chi connectivity index (χ3v) is 5.58. The van der Waals surface area contributed by atoms with Gasteiger partial charge in [0.2, 0.25) is 0 Å². The highest BCUT2D eigenvalue weighted by atomic mass is 19.1. The van der Waals surface area contributed by atoms with Crippen LogP contribution in [0.2, 0.25) is 0 Å². The first-order valence-corrected chi connectivity index (χ1v) is 11.8. The lowest BCUT2D eigenvalue weighted by Crippen LogP contribution is -2.21. The van der Waals surface area contributed by atoms with Crippen molar-refractivity contribution in [1.82, 2.24) is 0 Å². The molecule has 0 atom stereocenters. The number of nitrogens with one attached hydrogen (secondary N) is 2. The van der Waals surface area contributed by atoms with E-state index in [0.717, 1.165) is 37.3 Å². The molecule has 0 saturated carbocycles. The molecule has 3 aromatic rings. The van der Waals surface area contributed by atoms with Gasteiger partial charge in [-0.1, -0.05) is 50.5 Å². The number of aromatic carboxylic acids is 1. The van der Waals surface area contributed by atoms with Gasteiger partial charge in [0.15, 0.2) is 0 Å². The van der Waals surface area contributed by atoms with Crippen molar-refractivity contribution in [3.8, 4) is 16.9 Å². The molecule has 0 aliphatic carbocycles. The maximum absolute atomic E-state index is 14.0. The Balaban J connectivity index is 1.98. The van der Waals surface area contributed by atoms with E-state index in [0.29, 0.717) is 22.7 Å². The Kier molecular flexibility index (Phi) is 8.84. The highest BCUT2D eigenvalue weighted by molar-refractivity contribution is 6.02. The van der Waals surface area contributed by atoms with Gasteiger partial charge in [-0.05, 0) is 73.4 Å². The first kappa shape index (κ1) is 25.7. The zero-order valence-electron chi connectivity index (χ0n) is 20.2. The number of carbonyl (C=O) groups is 2. The highest BCUT2D eigenvalue weighted by Gasteiger charge is 2.18. The maximum Gasteiger partial charge on any atom is 0.336 e. The van der Waals surface area contributed by atoms with Crippen molar-refractivity contribution >= 4 is 23.4 Å². The monoisotopic (exact) mass is 478 g/mol. The second-order valence-electron chi connectivity index (χ2n) is 8.47. The number of aryl methyl sites for hydroxylation is 1. The Morgan fingerprint density at radius 3 is 2.26 bits per heavy atom. The summed E-state index contributed by atoms with van der Waals surface area (Å²) >= 11 is 0. The molecule has 0 radical (unpaired) electrons. The fourth-order valence-corrected chi connectivity index (χ4v) is 3.85. The number of carboxylic acid groups (broad SMARTS) is 1. The molecule has 0 aliphatic rings. The second kappa shape index (κ2) is 12.0. The Morgan fingerprint density at radius 1 is 0.943 bits per heavy atom. The normalized spacial score (nSPS) is 10.8. The van der Waals surface area contributed by atoms with Gasteiger partial charge in [0.05, 0.1) is 17.4 Å². The summed E-state index contributed by atoms with van der Waals surface area (Å²) in [6.45, 7) is 6.13. The average molecular weight is 479 g/mol. The smallest absolute Gasteiger partial charge is 0.336 e. The van der Waals surface area contributed by atoms with Crippen molar-refractivity contribution in [3.63, 3.8) is 0 Å². The predicted molar refractivity (Wildman–Crippen MR) is 137 cm³/mol. The van der Waals surface area contributed by atoms with Crippen LogP contribution in [0.3, 0.4) is 0 Å². The molecule has 0 fully saturated rings. The number of urea groups is 1. The van der Waals surface area contributed by atoms with Crippen LogP contribution in [0.1, 0.15) is 55.5 Å². The van der Waals surface area contributed by atoms with Crippen LogP contribution in [0.5, 0.6) is 5.75 Å². The molecule has 0 unspecified atom stereocenters. The number of hydrogen-bond acceptors (Lipinski definition) is 3. The molecule has 7 heteroatoms. The molecule has 3 rings (SSSR count). The zero-order chi connectivity index (χ0) is 25.4. The summed E-state index contributed by atoms with van der Waals surface area (Å²) in [6, 6.07) is 15.4. The minimum Gasteiger partial charge on any atom is -0.488 e. The molecule has 0 aromatic heterocycles. The van der Waals surface area contributed by atoms with Gasteiger partial charge in [-0.3, -0.25) is 0 Å². The Hall–Kier alpha value is -3.87. The summed E-state index contributed by atoms with van der Waals surface area (Å²) in [6.07, 6.45) is 3.59. The number of rotatable bonds is 10. The summed E-state index contributed by atoms with van der Waals surface area (Å²) in [5, 5.41) is 15.2. The zero-order valence-corrected chi connectivity index (χ0v) is 20.2. The largest absolute Gasteiger partial charge is 0.488 e. The number of benzene rings is 3. The molecule has 35 heavy (non-hydrogen) atoms. The Labute approximate surface area is 205 Å². The molecule has 3 N–H and O–H groups in total. The van der Waals surface area contributed by atoms with Gasteiger partial charge in [-0.2, -0.15) is 0 Å². The van der Waals surface area contributed by atoms with Crippen LogP contribution in [0.15, 0.2) is 60.7 Å². The van der Waals surface area contributed by atoms with E-state index in [4.69, 9.17) is 4.74 Å². The van der Waals surface area contributed by atoms with E-state index in [-0.39, 0.29) is 17.2 Å². The van der Waals surface area contributed by atoms with Crippen LogP contribution in [0.4, 0.5) is 20.6 Å². The van der Waals surface area contributed by atoms with Crippen molar-refractivity contribution in [2.24, 2.45) is 0 Å². The molecular weight excluding hydrogens is 447 g/mol. The summed E-state index contributed by atoms with van der Waals surface area (Å²) in [4.78, 5) is 24.5. The molecule has 0 spiro atoms. The number of halogens is 1. The minimum absolute atomic E-state index is 0.0275. The van der Waals surface area contributed by atoms with Gasteiger partial charge in [-0.25, -0.2) is 14.0 Å². The van der Waals surface area contributed by atoms with E-state index >= 15 is 0 Å². The molecule has 0 bridgehead atoms. The molecule has 0 saturated heterocycles. The lowest BCUT2D eigenvalue weighted by molar-refractivity contribution is 0.0697. The molecule has 0 heterocycles. The number of ether oxygens (including phenoxy) is 1. The number of carboxylic acids is 1. The topological polar surface area (TPSA) is 87.7 Å². The third kappa shape index (κ3) is 7.06. The maximum atomic E-state index is 14.0. The van der Waals surface area contributed by atoms with Gasteiger partial charge < -0.3 is 20.5 Å². The average Bonchev–Trinajstić information content (AvgIpc) is 2.81. The van der Waals surface area contributed by atoms with Gasteiger partial charge in [-0.15, -0.1) is 0 Å². The van der Waals surface area contributed by atoms with Crippen LogP contribution in [-0.2, 0) is 0 Å². The number of anilines is 2. The van der Waals surface area contributed by atoms with Crippen molar-refractivity contribution < 1.29 is 23.8 Å². The van der Waals surface area contributed by atoms with Crippen LogP contribution in [0, 0.1) is 12.7 Å². The summed E-state index contributed by atoms with van der Waals surface area (Å²) < 4.78 is 20.3. The highest BCUT2D eigenvalue weighted by Crippen LogP contribution is 2.34. The van der Waals surface area contributed by atoms with Crippen LogP contribution in [-0.4, -0.2) is 23.2 Å². The lowest BCUT2D eigenvalue weighted by Gasteiger charge is -2.21. The van der Waals surface area contributed by atoms with Crippen molar-refractivity contribution in [2.75, 3.05) is 10.6 Å². The van der Waals surface area contributed by atoms with E-state index in [1.165, 1.54) is 12.1 Å². The number of carbonyl (C=O) groups excluding carboxylic acids is 1. The van der Waals surface area contributed by atoms with E-state index in [2.05, 4.69) is 24.5 Å². The van der Waals surface area contributed by atoms with Crippen LogP contribution in [0.25, 0.3) is 11.1 Å². The van der Waals surface area contributed by atoms with Crippen LogP contribution < -0.4 is 15.4 Å². The van der Waals surface area contributed by atoms with Crippen molar-refractivity contribution in [2.45, 2.75) is 52.6 Å². The number of hydrogen-bond donors (Lipinski definition) is 3. The summed E-state index contributed by atoms with van der Waals surface area (Å²) in [7, 11) is 0. The molecule has 6 nitrogen and oxygen atoms in total. The third-order valence-electron chi connectivity index (χ3n) is 5.58. The molecular formula is C28H31FN2O4. The van der Waals surface area contributed by atoms with E-state index in [1.54, 1.807) is 30.3 Å².